The minimum absolute atomic E-state index is 0.340. The number of rotatable bonds is 5. The molecule has 0 aliphatic carbocycles. The van der Waals surface area contributed by atoms with E-state index in [0.29, 0.717) is 6.61 Å². The van der Waals surface area contributed by atoms with E-state index in [-0.39, 0.29) is 5.97 Å². The molecule has 0 amide bonds. The fourth-order valence-corrected chi connectivity index (χ4v) is 3.35. The molecule has 0 saturated carbocycles. The number of nitrogens with zero attached hydrogens (tertiary/aromatic N) is 3. The van der Waals surface area contributed by atoms with Crippen LogP contribution in [0.5, 0.6) is 0 Å². The lowest BCUT2D eigenvalue weighted by molar-refractivity contribution is -0.137. The molecule has 0 atom stereocenters. The van der Waals surface area contributed by atoms with Crippen LogP contribution in [-0.4, -0.2) is 48.4 Å². The van der Waals surface area contributed by atoms with E-state index in [2.05, 4.69) is 38.7 Å². The monoisotopic (exact) mass is 377 g/mol. The highest BCUT2D eigenvalue weighted by Gasteiger charge is 2.12. The molecule has 1 fully saturated rings. The number of anilines is 1. The summed E-state index contributed by atoms with van der Waals surface area (Å²) in [7, 11) is 0. The number of hydrogen-bond donors (Lipinski definition) is 0. The molecule has 1 aromatic heterocycles. The molecule has 28 heavy (non-hydrogen) atoms. The summed E-state index contributed by atoms with van der Waals surface area (Å²) in [5.41, 5.74) is 5.07. The maximum absolute atomic E-state index is 11.5. The lowest BCUT2D eigenvalue weighted by Gasteiger charge is -2.29. The molecule has 0 spiro atoms. The van der Waals surface area contributed by atoms with E-state index >= 15 is 0 Å². The first-order valence-corrected chi connectivity index (χ1v) is 9.49. The Bertz CT molecular complexity index is 1000. The van der Waals surface area contributed by atoms with Crippen molar-refractivity contribution >= 4 is 28.8 Å². The Hall–Kier alpha value is -3.12. The van der Waals surface area contributed by atoms with Gasteiger partial charge in [-0.2, -0.15) is 0 Å². The summed E-state index contributed by atoms with van der Waals surface area (Å²) in [6.07, 6.45) is 5.02. The third-order valence-corrected chi connectivity index (χ3v) is 4.75. The number of esters is 1. The van der Waals surface area contributed by atoms with Gasteiger partial charge in [0.25, 0.3) is 0 Å². The molecule has 6 nitrogen and oxygen atoms in total. The van der Waals surface area contributed by atoms with Gasteiger partial charge in [0.2, 0.25) is 0 Å². The minimum atomic E-state index is -0.340. The fourth-order valence-electron chi connectivity index (χ4n) is 3.35. The number of benzene rings is 2. The number of imidazole rings is 1. The first kappa shape index (κ1) is 18.3. The van der Waals surface area contributed by atoms with Crippen LogP contribution < -0.4 is 4.90 Å². The maximum Gasteiger partial charge on any atom is 0.330 e. The van der Waals surface area contributed by atoms with Crippen molar-refractivity contribution in [3.8, 4) is 5.69 Å². The molecule has 1 saturated heterocycles. The van der Waals surface area contributed by atoms with Crippen molar-refractivity contribution in [1.82, 2.24) is 9.55 Å². The van der Waals surface area contributed by atoms with Crippen molar-refractivity contribution in [1.29, 1.82) is 0 Å². The van der Waals surface area contributed by atoms with Crippen molar-refractivity contribution in [2.45, 2.75) is 6.92 Å². The molecular formula is C22H23N3O3. The van der Waals surface area contributed by atoms with Crippen molar-refractivity contribution < 1.29 is 14.3 Å². The average molecular weight is 377 g/mol. The molecule has 0 unspecified atom stereocenters. The highest BCUT2D eigenvalue weighted by molar-refractivity contribution is 5.88. The summed E-state index contributed by atoms with van der Waals surface area (Å²) in [5.74, 6) is -0.340. The average Bonchev–Trinajstić information content (AvgIpc) is 3.16. The summed E-state index contributed by atoms with van der Waals surface area (Å²) in [4.78, 5) is 18.4. The van der Waals surface area contributed by atoms with Crippen LogP contribution in [0.4, 0.5) is 5.69 Å². The van der Waals surface area contributed by atoms with Gasteiger partial charge in [0.15, 0.2) is 0 Å². The molecule has 0 N–H and O–H groups in total. The molecule has 6 heteroatoms. The van der Waals surface area contributed by atoms with Gasteiger partial charge in [-0.05, 0) is 48.9 Å². The fraction of sp³-hybridized carbons (Fsp3) is 0.273. The summed E-state index contributed by atoms with van der Waals surface area (Å²) in [5, 5.41) is 0. The van der Waals surface area contributed by atoms with Gasteiger partial charge in [-0.1, -0.05) is 12.1 Å². The predicted molar refractivity (Wildman–Crippen MR) is 110 cm³/mol. The van der Waals surface area contributed by atoms with Crippen LogP contribution in [0.25, 0.3) is 22.8 Å². The van der Waals surface area contributed by atoms with Crippen molar-refractivity contribution in [3.63, 3.8) is 0 Å². The molecule has 3 aromatic rings. The van der Waals surface area contributed by atoms with Crippen molar-refractivity contribution in [3.05, 3.63) is 60.4 Å². The zero-order valence-corrected chi connectivity index (χ0v) is 15.9. The van der Waals surface area contributed by atoms with Crippen LogP contribution in [0.15, 0.2) is 54.9 Å². The molecule has 1 aliphatic heterocycles. The molecule has 2 heterocycles. The lowest BCUT2D eigenvalue weighted by atomic mass is 10.2. The maximum atomic E-state index is 11.5. The number of carbonyl (C=O) groups is 1. The molecular weight excluding hydrogens is 354 g/mol. The van der Waals surface area contributed by atoms with Gasteiger partial charge in [-0.15, -0.1) is 0 Å². The number of aromatic nitrogens is 2. The lowest BCUT2D eigenvalue weighted by Crippen LogP contribution is -2.36. The SMILES string of the molecule is CCOC(=O)C=Cc1ccc2c(c1)ncn2-c1cccc(N2CCOCC2)c1. The molecule has 0 bridgehead atoms. The van der Waals surface area contributed by atoms with Crippen LogP contribution in [0.3, 0.4) is 0 Å². The number of ether oxygens (including phenoxy) is 2. The second-order valence-electron chi connectivity index (χ2n) is 6.57. The minimum Gasteiger partial charge on any atom is -0.463 e. The van der Waals surface area contributed by atoms with Crippen molar-refractivity contribution in [2.24, 2.45) is 0 Å². The van der Waals surface area contributed by atoms with Gasteiger partial charge >= 0.3 is 5.97 Å². The van der Waals surface area contributed by atoms with Crippen molar-refractivity contribution in [2.75, 3.05) is 37.8 Å². The van der Waals surface area contributed by atoms with Gasteiger partial charge in [0, 0.05) is 30.5 Å². The normalized spacial score (nSPS) is 14.7. The van der Waals surface area contributed by atoms with Gasteiger partial charge in [-0.25, -0.2) is 9.78 Å². The quantitative estimate of drug-likeness (QED) is 0.504. The van der Waals surface area contributed by atoms with E-state index in [4.69, 9.17) is 9.47 Å². The number of morpholine rings is 1. The largest absolute Gasteiger partial charge is 0.463 e. The topological polar surface area (TPSA) is 56.6 Å². The van der Waals surface area contributed by atoms with E-state index in [9.17, 15) is 4.79 Å². The Morgan fingerprint density at radius 1 is 1.18 bits per heavy atom. The van der Waals surface area contributed by atoms with Crippen LogP contribution >= 0.6 is 0 Å². The van der Waals surface area contributed by atoms with E-state index in [0.717, 1.165) is 48.6 Å². The highest BCUT2D eigenvalue weighted by Crippen LogP contribution is 2.24. The van der Waals surface area contributed by atoms with Gasteiger partial charge in [0.1, 0.15) is 6.33 Å². The van der Waals surface area contributed by atoms with Gasteiger partial charge in [-0.3, -0.25) is 4.57 Å². The molecule has 1 aliphatic rings. The summed E-state index contributed by atoms with van der Waals surface area (Å²) in [6.45, 7) is 5.50. The van der Waals surface area contributed by atoms with E-state index in [1.165, 1.54) is 11.8 Å². The summed E-state index contributed by atoms with van der Waals surface area (Å²) in [6, 6.07) is 14.4. The first-order valence-electron chi connectivity index (χ1n) is 9.49. The number of fused-ring (bicyclic) bond motifs is 1. The highest BCUT2D eigenvalue weighted by atomic mass is 16.5. The van der Waals surface area contributed by atoms with E-state index < -0.39 is 0 Å². The Labute approximate surface area is 164 Å². The summed E-state index contributed by atoms with van der Waals surface area (Å²) >= 11 is 0. The molecule has 2 aromatic carbocycles. The van der Waals surface area contributed by atoms with E-state index in [1.807, 2.05) is 24.5 Å². The Morgan fingerprint density at radius 3 is 2.82 bits per heavy atom. The van der Waals surface area contributed by atoms with Crippen LogP contribution in [0.1, 0.15) is 12.5 Å². The first-order chi connectivity index (χ1) is 13.7. The summed E-state index contributed by atoms with van der Waals surface area (Å²) < 4.78 is 12.4. The van der Waals surface area contributed by atoms with Gasteiger partial charge < -0.3 is 14.4 Å². The smallest absolute Gasteiger partial charge is 0.330 e. The third-order valence-electron chi connectivity index (χ3n) is 4.75. The molecule has 4 rings (SSSR count). The van der Waals surface area contributed by atoms with Crippen LogP contribution in [0, 0.1) is 0 Å². The number of hydrogen-bond acceptors (Lipinski definition) is 5. The zero-order valence-electron chi connectivity index (χ0n) is 15.9. The van der Waals surface area contributed by atoms with Crippen LogP contribution in [-0.2, 0) is 14.3 Å². The Morgan fingerprint density at radius 2 is 2.00 bits per heavy atom. The van der Waals surface area contributed by atoms with Crippen LogP contribution in [0.2, 0.25) is 0 Å². The van der Waals surface area contributed by atoms with Gasteiger partial charge in [0.05, 0.1) is 30.9 Å². The Kier molecular flexibility index (Phi) is 5.39. The molecule has 0 radical (unpaired) electrons. The Balaban J connectivity index is 1.60. The molecule has 144 valence electrons. The second kappa shape index (κ2) is 8.27. The third kappa shape index (κ3) is 3.92. The van der Waals surface area contributed by atoms with E-state index in [1.54, 1.807) is 13.0 Å². The predicted octanol–water partition coefficient (Wildman–Crippen LogP) is 3.44. The second-order valence-corrected chi connectivity index (χ2v) is 6.57. The number of carbonyl (C=O) groups excluding carboxylic acids is 1. The zero-order chi connectivity index (χ0) is 19.3. The standard InChI is InChI=1S/C22H23N3O3/c1-2-28-22(26)9-7-17-6-8-21-20(14-17)23-16-25(21)19-5-3-4-18(15-19)24-10-12-27-13-11-24/h3-9,14-16H,2,10-13H2,1H3.